The van der Waals surface area contributed by atoms with E-state index in [0.29, 0.717) is 11.7 Å². The van der Waals surface area contributed by atoms with Gasteiger partial charge in [0.2, 0.25) is 11.1 Å². The van der Waals surface area contributed by atoms with E-state index in [1.165, 1.54) is 17.3 Å². The zero-order chi connectivity index (χ0) is 20.8. The van der Waals surface area contributed by atoms with E-state index in [-0.39, 0.29) is 11.7 Å². The summed E-state index contributed by atoms with van der Waals surface area (Å²) in [5, 5.41) is 13.2. The molecule has 0 radical (unpaired) electrons. The van der Waals surface area contributed by atoms with Crippen LogP contribution in [0, 0.1) is 0 Å². The molecule has 0 saturated carbocycles. The molecule has 0 atom stereocenters. The topological polar surface area (TPSA) is 72.7 Å². The van der Waals surface area contributed by atoms with Gasteiger partial charge in [0.1, 0.15) is 5.52 Å². The molecule has 154 valence electrons. The molecule has 0 saturated heterocycles. The van der Waals surface area contributed by atoms with Crippen molar-refractivity contribution < 1.29 is 4.79 Å². The first-order valence-corrected chi connectivity index (χ1v) is 11.3. The first kappa shape index (κ1) is 20.3. The van der Waals surface area contributed by atoms with Crippen LogP contribution in [0.15, 0.2) is 59.8 Å². The Hall–Kier alpha value is -2.93. The predicted octanol–water partition coefficient (Wildman–Crippen LogP) is 4.23. The summed E-state index contributed by atoms with van der Waals surface area (Å²) in [6.07, 6.45) is 2.88. The van der Waals surface area contributed by atoms with Crippen molar-refractivity contribution in [1.82, 2.24) is 25.1 Å². The zero-order valence-corrected chi connectivity index (χ0v) is 17.9. The number of benzene rings is 2. The van der Waals surface area contributed by atoms with Crippen molar-refractivity contribution >= 4 is 39.7 Å². The highest BCUT2D eigenvalue weighted by atomic mass is 32.2. The third kappa shape index (κ3) is 4.62. The lowest BCUT2D eigenvalue weighted by atomic mass is 10.1. The van der Waals surface area contributed by atoms with E-state index < -0.39 is 0 Å². The Balaban J connectivity index is 1.36. The molecule has 0 aliphatic heterocycles. The van der Waals surface area contributed by atoms with Gasteiger partial charge in [-0.1, -0.05) is 67.2 Å². The monoisotopic (exact) mass is 419 g/mol. The molecule has 6 nitrogen and oxygen atoms in total. The van der Waals surface area contributed by atoms with Gasteiger partial charge in [-0.05, 0) is 30.9 Å². The van der Waals surface area contributed by atoms with Crippen LogP contribution in [0.5, 0.6) is 0 Å². The number of carbonyl (C=O) groups is 1. The molecule has 4 rings (SSSR count). The highest BCUT2D eigenvalue weighted by molar-refractivity contribution is 7.99. The number of hydrogen-bond acceptors (Lipinski definition) is 5. The number of amides is 1. The Labute approximate surface area is 180 Å². The van der Waals surface area contributed by atoms with Gasteiger partial charge in [0.25, 0.3) is 0 Å². The Morgan fingerprint density at radius 2 is 1.87 bits per heavy atom. The van der Waals surface area contributed by atoms with Crippen LogP contribution < -0.4 is 5.32 Å². The number of rotatable bonds is 9. The molecule has 0 unspecified atom stereocenters. The van der Waals surface area contributed by atoms with E-state index in [1.807, 2.05) is 30.3 Å². The van der Waals surface area contributed by atoms with Gasteiger partial charge in [-0.25, -0.2) is 4.98 Å². The van der Waals surface area contributed by atoms with Gasteiger partial charge in [0.15, 0.2) is 5.65 Å². The molecule has 7 heteroatoms. The standard InChI is InChI=1S/C23H25N5OS/c1-2-15-28-19-13-7-6-12-18(19)21-22(28)25-23(27-26-21)30-16-20(29)24-14-8-11-17-9-4-3-5-10-17/h3-7,9-10,12-13H,2,8,11,14-16H2,1H3,(H,24,29). The summed E-state index contributed by atoms with van der Waals surface area (Å²) in [4.78, 5) is 16.9. The maximum Gasteiger partial charge on any atom is 0.230 e. The Kier molecular flexibility index (Phi) is 6.59. The van der Waals surface area contributed by atoms with Crippen molar-refractivity contribution in [1.29, 1.82) is 0 Å². The van der Waals surface area contributed by atoms with Gasteiger partial charge >= 0.3 is 0 Å². The molecule has 1 N–H and O–H groups in total. The molecule has 2 aromatic carbocycles. The molecular weight excluding hydrogens is 394 g/mol. The minimum absolute atomic E-state index is 0.00846. The van der Waals surface area contributed by atoms with Gasteiger partial charge in [-0.2, -0.15) is 0 Å². The highest BCUT2D eigenvalue weighted by Crippen LogP contribution is 2.27. The molecule has 30 heavy (non-hydrogen) atoms. The maximum atomic E-state index is 12.2. The summed E-state index contributed by atoms with van der Waals surface area (Å²) in [7, 11) is 0. The zero-order valence-electron chi connectivity index (χ0n) is 17.0. The van der Waals surface area contributed by atoms with Crippen LogP contribution in [0.3, 0.4) is 0 Å². The second-order valence-corrected chi connectivity index (χ2v) is 8.11. The molecule has 0 fully saturated rings. The summed E-state index contributed by atoms with van der Waals surface area (Å²) < 4.78 is 2.19. The van der Waals surface area contributed by atoms with Crippen LogP contribution in [-0.2, 0) is 17.8 Å². The molecule has 0 aliphatic rings. The summed E-state index contributed by atoms with van der Waals surface area (Å²) in [6, 6.07) is 18.5. The van der Waals surface area contributed by atoms with Crippen LogP contribution >= 0.6 is 11.8 Å². The Morgan fingerprint density at radius 3 is 2.70 bits per heavy atom. The van der Waals surface area contributed by atoms with E-state index in [0.717, 1.165) is 47.9 Å². The average molecular weight is 420 g/mol. The minimum atomic E-state index is -0.00846. The fourth-order valence-electron chi connectivity index (χ4n) is 3.55. The van der Waals surface area contributed by atoms with E-state index in [1.54, 1.807) is 0 Å². The first-order valence-electron chi connectivity index (χ1n) is 10.3. The lowest BCUT2D eigenvalue weighted by Gasteiger charge is -2.06. The lowest BCUT2D eigenvalue weighted by Crippen LogP contribution is -2.26. The molecule has 1 amide bonds. The molecule has 0 aliphatic carbocycles. The van der Waals surface area contributed by atoms with Crippen LogP contribution in [0.1, 0.15) is 25.3 Å². The van der Waals surface area contributed by atoms with Crippen LogP contribution in [0.4, 0.5) is 0 Å². The van der Waals surface area contributed by atoms with Crippen molar-refractivity contribution in [2.45, 2.75) is 37.9 Å². The largest absolute Gasteiger partial charge is 0.355 e. The minimum Gasteiger partial charge on any atom is -0.355 e. The van der Waals surface area contributed by atoms with Crippen molar-refractivity contribution in [2.75, 3.05) is 12.3 Å². The number of carbonyl (C=O) groups excluding carboxylic acids is 1. The summed E-state index contributed by atoms with van der Waals surface area (Å²) in [6.45, 7) is 3.68. The molecule has 2 heterocycles. The van der Waals surface area contributed by atoms with Crippen LogP contribution in [0.2, 0.25) is 0 Å². The average Bonchev–Trinajstić information content (AvgIpc) is 3.09. The number of nitrogens with zero attached hydrogens (tertiary/aromatic N) is 4. The molecule has 2 aromatic heterocycles. The number of thioether (sulfide) groups is 1. The number of aromatic nitrogens is 4. The summed E-state index contributed by atoms with van der Waals surface area (Å²) in [5.41, 5.74) is 4.05. The number of aryl methyl sites for hydroxylation is 2. The SMILES string of the molecule is CCCn1c2ccccc2c2nnc(SCC(=O)NCCCc3ccccc3)nc21. The summed E-state index contributed by atoms with van der Waals surface area (Å²) >= 11 is 1.32. The van der Waals surface area contributed by atoms with Gasteiger partial charge in [0, 0.05) is 18.5 Å². The second kappa shape index (κ2) is 9.71. The molecule has 0 spiro atoms. The Bertz CT molecular complexity index is 1140. The fraction of sp³-hybridized carbons (Fsp3) is 0.304. The smallest absolute Gasteiger partial charge is 0.230 e. The van der Waals surface area contributed by atoms with Gasteiger partial charge in [0.05, 0.1) is 11.3 Å². The third-order valence-corrected chi connectivity index (χ3v) is 5.78. The highest BCUT2D eigenvalue weighted by Gasteiger charge is 2.14. The molecule has 0 bridgehead atoms. The van der Waals surface area contributed by atoms with E-state index >= 15 is 0 Å². The summed E-state index contributed by atoms with van der Waals surface area (Å²) in [5.74, 6) is 0.276. The molecular formula is C23H25N5OS. The van der Waals surface area contributed by atoms with Gasteiger partial charge in [-0.3, -0.25) is 4.79 Å². The van der Waals surface area contributed by atoms with Gasteiger partial charge < -0.3 is 9.88 Å². The van der Waals surface area contributed by atoms with E-state index in [9.17, 15) is 4.79 Å². The number of fused-ring (bicyclic) bond motifs is 3. The van der Waals surface area contributed by atoms with Crippen molar-refractivity contribution in [2.24, 2.45) is 0 Å². The second-order valence-electron chi connectivity index (χ2n) is 7.16. The maximum absolute atomic E-state index is 12.2. The van der Waals surface area contributed by atoms with E-state index in [4.69, 9.17) is 4.98 Å². The first-order chi connectivity index (χ1) is 14.8. The number of nitrogens with one attached hydrogen (secondary N) is 1. The normalized spacial score (nSPS) is 11.2. The fourth-order valence-corrected chi connectivity index (χ4v) is 4.16. The van der Waals surface area contributed by atoms with Crippen LogP contribution in [-0.4, -0.2) is 38.0 Å². The van der Waals surface area contributed by atoms with E-state index in [2.05, 4.69) is 51.3 Å². The van der Waals surface area contributed by atoms with Crippen LogP contribution in [0.25, 0.3) is 22.1 Å². The molecule has 4 aromatic rings. The number of hydrogen-bond donors (Lipinski definition) is 1. The Morgan fingerprint density at radius 1 is 1.07 bits per heavy atom. The van der Waals surface area contributed by atoms with Crippen molar-refractivity contribution in [3.05, 3.63) is 60.2 Å². The predicted molar refractivity (Wildman–Crippen MR) is 122 cm³/mol. The van der Waals surface area contributed by atoms with Crippen molar-refractivity contribution in [3.63, 3.8) is 0 Å². The van der Waals surface area contributed by atoms with Gasteiger partial charge in [-0.15, -0.1) is 10.2 Å². The quantitative estimate of drug-likeness (QED) is 0.325. The number of para-hydroxylation sites is 1. The lowest BCUT2D eigenvalue weighted by molar-refractivity contribution is -0.118. The third-order valence-electron chi connectivity index (χ3n) is 4.94. The van der Waals surface area contributed by atoms with Crippen molar-refractivity contribution in [3.8, 4) is 0 Å².